The second kappa shape index (κ2) is 18.6. The predicted octanol–water partition coefficient (Wildman–Crippen LogP) is 23.5. The molecule has 0 saturated heterocycles. The van der Waals surface area contributed by atoms with Crippen LogP contribution in [0.2, 0.25) is 0 Å². The van der Waals surface area contributed by atoms with E-state index in [2.05, 4.69) is 318 Å². The van der Waals surface area contributed by atoms with Crippen molar-refractivity contribution < 1.29 is 0 Å². The maximum absolute atomic E-state index is 2.65. The van der Waals surface area contributed by atoms with E-state index in [1.807, 2.05) is 22.7 Å². The van der Waals surface area contributed by atoms with Crippen molar-refractivity contribution in [2.45, 2.75) is 75.0 Å². The Morgan fingerprint density at radius 1 is 0.295 bits per heavy atom. The van der Waals surface area contributed by atoms with Crippen molar-refractivity contribution in [2.75, 3.05) is 9.80 Å². The molecule has 2 heterocycles. The minimum atomic E-state index is -0.581. The molecule has 4 aliphatic carbocycles. The van der Waals surface area contributed by atoms with Gasteiger partial charge >= 0.3 is 0 Å². The summed E-state index contributed by atoms with van der Waals surface area (Å²) in [7, 11) is 0. The van der Waals surface area contributed by atoms with Gasteiger partial charge in [-0.1, -0.05) is 224 Å². The molecule has 422 valence electrons. The van der Waals surface area contributed by atoms with Gasteiger partial charge in [-0.15, -0.1) is 22.7 Å². The van der Waals surface area contributed by atoms with Gasteiger partial charge in [0.05, 0.1) is 22.2 Å². The van der Waals surface area contributed by atoms with E-state index in [1.54, 1.807) is 0 Å². The van der Waals surface area contributed by atoms with Crippen LogP contribution in [0.1, 0.15) is 109 Å². The van der Waals surface area contributed by atoms with Crippen LogP contribution >= 0.6 is 22.7 Å². The van der Waals surface area contributed by atoms with Gasteiger partial charge in [-0.2, -0.15) is 0 Å². The highest BCUT2D eigenvalue weighted by Crippen LogP contribution is 2.78. The van der Waals surface area contributed by atoms with Crippen LogP contribution in [0.5, 0.6) is 0 Å². The van der Waals surface area contributed by atoms with E-state index in [0.29, 0.717) is 0 Å². The highest BCUT2D eigenvalue weighted by Gasteiger charge is 2.69. The monoisotopic (exact) mass is 1160 g/mol. The second-order valence-electron chi connectivity index (χ2n) is 27.1. The minimum absolute atomic E-state index is 0.00134. The van der Waals surface area contributed by atoms with Crippen molar-refractivity contribution in [2.24, 2.45) is 0 Å². The Bertz CT molecular complexity index is 4800. The fraction of sp³-hybridized carbons (Fsp3) is 0.143. The van der Waals surface area contributed by atoms with Gasteiger partial charge in [-0.3, -0.25) is 0 Å². The van der Waals surface area contributed by atoms with E-state index < -0.39 is 10.8 Å². The molecular weight excluding hydrogens is 1100 g/mol. The molecule has 2 atom stereocenters. The summed E-state index contributed by atoms with van der Waals surface area (Å²) in [6.07, 6.45) is 0. The van der Waals surface area contributed by atoms with E-state index in [1.165, 1.54) is 130 Å². The molecule has 18 rings (SSSR count). The zero-order chi connectivity index (χ0) is 59.0. The number of benzene rings is 12. The third-order valence-corrected chi connectivity index (χ3v) is 22.9. The summed E-state index contributed by atoms with van der Waals surface area (Å²) in [5, 5.41) is 5.16. The highest BCUT2D eigenvalue weighted by atomic mass is 32.1. The van der Waals surface area contributed by atoms with Crippen molar-refractivity contribution >= 4 is 97.1 Å². The summed E-state index contributed by atoms with van der Waals surface area (Å²) in [5.74, 6) is -0.00306. The molecular formula is C84H64N2S2. The standard InChI is InChI=1S/C84H64N2S2/c1-81(2,3)51-37-41-53(42-38-51)85(71-31-19-35-75-77(71)63-25-11-17-33-73(63)87-75)55-45-47-61-69(49-55)83(65-27-13-7-21-57(65)58-22-8-14-28-66(58)83)80-62-48-46-56(50-70(62)84(79(61)80)67-29-15-9-23-59(67)60-24-10-16-30-68(60)84)86(54-43-39-52(40-44-54)82(4,5)6)72-32-20-36-76-78(72)64-26-12-18-34-74(64)88-76/h7-50,79-80H,1-6H3. The van der Waals surface area contributed by atoms with Crippen molar-refractivity contribution in [3.8, 4) is 22.3 Å². The average Bonchev–Trinajstić information content (AvgIpc) is 1.47. The Balaban J connectivity index is 0.944. The first-order chi connectivity index (χ1) is 42.9. The van der Waals surface area contributed by atoms with Crippen LogP contribution in [0.3, 0.4) is 0 Å². The number of rotatable bonds is 6. The first kappa shape index (κ1) is 51.9. The average molecular weight is 1170 g/mol. The fourth-order valence-electron chi connectivity index (χ4n) is 17.0. The Morgan fingerprint density at radius 2 is 0.614 bits per heavy atom. The largest absolute Gasteiger partial charge is 0.310 e. The summed E-state index contributed by atoms with van der Waals surface area (Å²) in [6.45, 7) is 13.9. The van der Waals surface area contributed by atoms with Crippen molar-refractivity contribution in [1.82, 2.24) is 0 Å². The molecule has 0 radical (unpaired) electrons. The van der Waals surface area contributed by atoms with Gasteiger partial charge in [0.1, 0.15) is 0 Å². The molecule has 2 unspecified atom stereocenters. The lowest BCUT2D eigenvalue weighted by molar-refractivity contribution is 0.425. The lowest BCUT2D eigenvalue weighted by atomic mass is 9.62. The first-order valence-corrected chi connectivity index (χ1v) is 32.9. The number of fused-ring (bicyclic) bond motifs is 25. The molecule has 0 saturated carbocycles. The molecule has 4 aliphatic rings. The molecule has 88 heavy (non-hydrogen) atoms. The zero-order valence-electron chi connectivity index (χ0n) is 50.3. The van der Waals surface area contributed by atoms with Crippen LogP contribution in [0.25, 0.3) is 62.6 Å². The number of hydrogen-bond donors (Lipinski definition) is 0. The molecule has 0 fully saturated rings. The van der Waals surface area contributed by atoms with Crippen LogP contribution in [0.4, 0.5) is 34.1 Å². The molecule has 4 heteroatoms. The van der Waals surface area contributed by atoms with Gasteiger partial charge in [0, 0.05) is 74.9 Å². The maximum Gasteiger partial charge on any atom is 0.0554 e. The third kappa shape index (κ3) is 6.99. The SMILES string of the molecule is CC(C)(C)c1ccc(N(c2ccc3c(c2)C2(c4ccccc4-c4ccccc42)C2c4ccc(N(c5ccc(C(C)(C)C)cc5)c5cccc6sc7ccccc7c56)cc4C4(c5ccccc5-c5ccccc54)C32)c2cccc3sc4ccccc4c23)cc1. The third-order valence-electron chi connectivity index (χ3n) is 20.6. The molecule has 2 aromatic heterocycles. The van der Waals surface area contributed by atoms with Gasteiger partial charge in [-0.05, 0) is 174 Å². The first-order valence-electron chi connectivity index (χ1n) is 31.2. The fourth-order valence-corrected chi connectivity index (χ4v) is 19.3. The molecule has 2 spiro atoms. The van der Waals surface area contributed by atoms with Crippen molar-refractivity contribution in [3.63, 3.8) is 0 Å². The van der Waals surface area contributed by atoms with Gasteiger partial charge in [0.15, 0.2) is 0 Å². The summed E-state index contributed by atoms with van der Waals surface area (Å²) in [5.41, 5.74) is 24.9. The van der Waals surface area contributed by atoms with Crippen LogP contribution in [-0.4, -0.2) is 0 Å². The number of thiophene rings is 2. The Morgan fingerprint density at radius 3 is 0.977 bits per heavy atom. The highest BCUT2D eigenvalue weighted by molar-refractivity contribution is 7.26. The van der Waals surface area contributed by atoms with Crippen LogP contribution in [0, 0.1) is 0 Å². The van der Waals surface area contributed by atoms with E-state index >= 15 is 0 Å². The summed E-state index contributed by atoms with van der Waals surface area (Å²) >= 11 is 3.77. The molecule has 0 N–H and O–H groups in total. The summed E-state index contributed by atoms with van der Waals surface area (Å²) in [4.78, 5) is 5.16. The lowest BCUT2D eigenvalue weighted by Gasteiger charge is -2.38. The lowest BCUT2D eigenvalue weighted by Crippen LogP contribution is -2.34. The van der Waals surface area contributed by atoms with E-state index in [0.717, 1.165) is 22.7 Å². The summed E-state index contributed by atoms with van der Waals surface area (Å²) < 4.78 is 5.18. The number of anilines is 6. The molecule has 12 aromatic carbocycles. The Kier molecular flexibility index (Phi) is 11.0. The zero-order valence-corrected chi connectivity index (χ0v) is 51.9. The smallest absolute Gasteiger partial charge is 0.0554 e. The van der Waals surface area contributed by atoms with Crippen LogP contribution < -0.4 is 9.80 Å². The van der Waals surface area contributed by atoms with E-state index in [4.69, 9.17) is 0 Å². The van der Waals surface area contributed by atoms with Crippen molar-refractivity contribution in [3.05, 3.63) is 323 Å². The topological polar surface area (TPSA) is 6.48 Å². The van der Waals surface area contributed by atoms with Gasteiger partial charge in [-0.25, -0.2) is 0 Å². The van der Waals surface area contributed by atoms with Gasteiger partial charge in [0.2, 0.25) is 0 Å². The van der Waals surface area contributed by atoms with Gasteiger partial charge in [0.25, 0.3) is 0 Å². The quantitative estimate of drug-likeness (QED) is 0.164. The van der Waals surface area contributed by atoms with Crippen LogP contribution in [0.15, 0.2) is 267 Å². The molecule has 0 bridgehead atoms. The Labute approximate surface area is 523 Å². The minimum Gasteiger partial charge on any atom is -0.310 e. The predicted molar refractivity (Wildman–Crippen MR) is 374 cm³/mol. The summed E-state index contributed by atoms with van der Waals surface area (Å²) in [6, 6.07) is 104. The van der Waals surface area contributed by atoms with Gasteiger partial charge < -0.3 is 9.80 Å². The van der Waals surface area contributed by atoms with E-state index in [9.17, 15) is 0 Å². The van der Waals surface area contributed by atoms with Crippen molar-refractivity contribution in [1.29, 1.82) is 0 Å². The molecule has 2 nitrogen and oxygen atoms in total. The molecule has 0 amide bonds. The maximum atomic E-state index is 2.65. The van der Waals surface area contributed by atoms with E-state index in [-0.39, 0.29) is 22.7 Å². The number of hydrogen-bond acceptors (Lipinski definition) is 4. The van der Waals surface area contributed by atoms with Crippen LogP contribution in [-0.2, 0) is 21.7 Å². The Hall–Kier alpha value is -9.32. The normalized spacial score (nSPS) is 16.2. The second-order valence-corrected chi connectivity index (χ2v) is 29.2. The number of nitrogens with zero attached hydrogens (tertiary/aromatic N) is 2. The molecule has 14 aromatic rings. The molecule has 0 aliphatic heterocycles.